The maximum absolute atomic E-state index is 13.0. The Balaban J connectivity index is 3.14. The number of benzene rings is 1. The van der Waals surface area contributed by atoms with Crippen molar-refractivity contribution < 1.29 is 36.2 Å². The van der Waals surface area contributed by atoms with Crippen molar-refractivity contribution in [3.63, 3.8) is 0 Å². The average Bonchev–Trinajstić information content (AvgIpc) is 2.13. The van der Waals surface area contributed by atoms with Crippen LogP contribution in [0.2, 0.25) is 0 Å². The number of hydrogen-bond donors (Lipinski definition) is 0. The maximum Gasteiger partial charge on any atom is 0.513 e. The first kappa shape index (κ1) is 13.2. The molecule has 1 aromatic carbocycles. The third kappa shape index (κ3) is 3.05. The third-order valence-electron chi connectivity index (χ3n) is 1.67. The van der Waals surface area contributed by atoms with Crippen LogP contribution in [0, 0.1) is 11.6 Å². The van der Waals surface area contributed by atoms with Crippen LogP contribution in [0.15, 0.2) is 12.1 Å². The van der Waals surface area contributed by atoms with Crippen LogP contribution in [0.4, 0.5) is 26.7 Å². The molecule has 0 aliphatic heterocycles. The van der Waals surface area contributed by atoms with Gasteiger partial charge in [0.25, 0.3) is 0 Å². The molecule has 0 aromatic heterocycles. The molecule has 0 saturated heterocycles. The molecule has 1 aromatic rings. The normalized spacial score (nSPS) is 11.2. The Kier molecular flexibility index (Phi) is 3.54. The van der Waals surface area contributed by atoms with E-state index < -0.39 is 35.3 Å². The van der Waals surface area contributed by atoms with E-state index in [1.165, 1.54) is 0 Å². The van der Waals surface area contributed by atoms with Crippen molar-refractivity contribution >= 4 is 6.16 Å². The number of ether oxygens (including phenoxy) is 2. The number of halogens is 5. The number of rotatable bonds is 1. The lowest BCUT2D eigenvalue weighted by Gasteiger charge is -2.10. The molecule has 0 radical (unpaired) electrons. The van der Waals surface area contributed by atoms with E-state index in [4.69, 9.17) is 0 Å². The van der Waals surface area contributed by atoms with E-state index in [1.807, 2.05) is 0 Å². The lowest BCUT2D eigenvalue weighted by atomic mass is 10.2. The lowest BCUT2D eigenvalue weighted by Crippen LogP contribution is -2.13. The molecule has 8 heteroatoms. The van der Waals surface area contributed by atoms with Crippen molar-refractivity contribution in [1.29, 1.82) is 0 Å². The van der Waals surface area contributed by atoms with Crippen molar-refractivity contribution in [2.75, 3.05) is 7.11 Å². The summed E-state index contributed by atoms with van der Waals surface area (Å²) in [5, 5.41) is 0. The molecule has 0 unspecified atom stereocenters. The van der Waals surface area contributed by atoms with Crippen molar-refractivity contribution in [2.24, 2.45) is 0 Å². The van der Waals surface area contributed by atoms with E-state index in [2.05, 4.69) is 9.47 Å². The molecule has 0 atom stereocenters. The average molecular weight is 256 g/mol. The zero-order valence-corrected chi connectivity index (χ0v) is 8.27. The molecule has 1 rings (SSSR count). The molecular formula is C9H5F5O3. The van der Waals surface area contributed by atoms with Gasteiger partial charge in [-0.3, -0.25) is 0 Å². The summed E-state index contributed by atoms with van der Waals surface area (Å²) in [6.45, 7) is 0. The van der Waals surface area contributed by atoms with Crippen LogP contribution in [0.3, 0.4) is 0 Å². The van der Waals surface area contributed by atoms with Crippen molar-refractivity contribution in [1.82, 2.24) is 0 Å². The lowest BCUT2D eigenvalue weighted by molar-refractivity contribution is -0.142. The molecular weight excluding hydrogens is 251 g/mol. The molecule has 0 fully saturated rings. The molecule has 0 spiro atoms. The van der Waals surface area contributed by atoms with Crippen LogP contribution in [0.25, 0.3) is 0 Å². The first-order chi connectivity index (χ1) is 7.75. The Bertz CT molecular complexity index is 418. The predicted molar refractivity (Wildman–Crippen MR) is 44.4 cm³/mol. The summed E-state index contributed by atoms with van der Waals surface area (Å²) >= 11 is 0. The Morgan fingerprint density at radius 3 is 2.00 bits per heavy atom. The Labute approximate surface area is 91.7 Å². The van der Waals surface area contributed by atoms with Gasteiger partial charge in [0.1, 0.15) is 22.9 Å². The molecule has 0 amide bonds. The summed E-state index contributed by atoms with van der Waals surface area (Å²) in [5.74, 6) is -4.48. The summed E-state index contributed by atoms with van der Waals surface area (Å²) in [7, 11) is 0.930. The van der Waals surface area contributed by atoms with Crippen LogP contribution in [0.5, 0.6) is 5.75 Å². The highest BCUT2D eigenvalue weighted by Gasteiger charge is 2.38. The predicted octanol–water partition coefficient (Wildman–Crippen LogP) is 3.13. The van der Waals surface area contributed by atoms with Gasteiger partial charge >= 0.3 is 12.3 Å². The minimum absolute atomic E-state index is 0.239. The highest BCUT2D eigenvalue weighted by atomic mass is 19.4. The van der Waals surface area contributed by atoms with Gasteiger partial charge in [0.15, 0.2) is 0 Å². The zero-order valence-electron chi connectivity index (χ0n) is 8.27. The highest BCUT2D eigenvalue weighted by molar-refractivity contribution is 5.63. The first-order valence-electron chi connectivity index (χ1n) is 4.07. The Morgan fingerprint density at radius 2 is 1.65 bits per heavy atom. The van der Waals surface area contributed by atoms with Crippen LogP contribution in [-0.2, 0) is 10.9 Å². The number of carbonyl (C=O) groups is 1. The van der Waals surface area contributed by atoms with Gasteiger partial charge in [0.2, 0.25) is 0 Å². The second-order valence-electron chi connectivity index (χ2n) is 2.82. The summed E-state index contributed by atoms with van der Waals surface area (Å²) in [4.78, 5) is 10.6. The molecule has 17 heavy (non-hydrogen) atoms. The summed E-state index contributed by atoms with van der Waals surface area (Å²) in [6, 6.07) is 0.478. The Hall–Kier alpha value is -1.86. The smallest absolute Gasteiger partial charge is 0.437 e. The van der Waals surface area contributed by atoms with Gasteiger partial charge in [0, 0.05) is 12.1 Å². The number of methoxy groups -OCH3 is 1. The van der Waals surface area contributed by atoms with Gasteiger partial charge in [-0.2, -0.15) is 13.2 Å². The van der Waals surface area contributed by atoms with Gasteiger partial charge in [-0.05, 0) is 0 Å². The maximum atomic E-state index is 13.0. The molecule has 0 saturated carbocycles. The summed E-state index contributed by atoms with van der Waals surface area (Å²) in [6.07, 6.45) is -6.47. The molecule has 94 valence electrons. The van der Waals surface area contributed by atoms with Crippen LogP contribution >= 0.6 is 0 Å². The minimum atomic E-state index is -5.17. The van der Waals surface area contributed by atoms with E-state index in [0.29, 0.717) is 0 Å². The van der Waals surface area contributed by atoms with E-state index in [0.717, 1.165) is 7.11 Å². The minimum Gasteiger partial charge on any atom is -0.437 e. The zero-order chi connectivity index (χ0) is 13.2. The second-order valence-corrected chi connectivity index (χ2v) is 2.82. The first-order valence-corrected chi connectivity index (χ1v) is 4.07. The van der Waals surface area contributed by atoms with Gasteiger partial charge < -0.3 is 9.47 Å². The van der Waals surface area contributed by atoms with Gasteiger partial charge in [-0.15, -0.1) is 0 Å². The van der Waals surface area contributed by atoms with E-state index >= 15 is 0 Å². The quantitative estimate of drug-likeness (QED) is 0.440. The van der Waals surface area contributed by atoms with Crippen molar-refractivity contribution in [2.45, 2.75) is 6.18 Å². The summed E-state index contributed by atoms with van der Waals surface area (Å²) < 4.78 is 70.6. The van der Waals surface area contributed by atoms with Crippen molar-refractivity contribution in [3.05, 3.63) is 29.3 Å². The summed E-state index contributed by atoms with van der Waals surface area (Å²) in [5.41, 5.74) is -2.05. The monoisotopic (exact) mass is 256 g/mol. The molecule has 0 aliphatic rings. The fourth-order valence-electron chi connectivity index (χ4n) is 1.02. The van der Waals surface area contributed by atoms with Crippen LogP contribution in [-0.4, -0.2) is 13.3 Å². The molecule has 0 heterocycles. The van der Waals surface area contributed by atoms with E-state index in [1.54, 1.807) is 0 Å². The van der Waals surface area contributed by atoms with E-state index in [9.17, 15) is 26.7 Å². The number of carbonyl (C=O) groups excluding carboxylic acids is 1. The van der Waals surface area contributed by atoms with Crippen molar-refractivity contribution in [3.8, 4) is 5.75 Å². The number of hydrogen-bond acceptors (Lipinski definition) is 3. The van der Waals surface area contributed by atoms with Gasteiger partial charge in [0.05, 0.1) is 7.11 Å². The topological polar surface area (TPSA) is 35.5 Å². The van der Waals surface area contributed by atoms with Crippen LogP contribution < -0.4 is 4.74 Å². The third-order valence-corrected chi connectivity index (χ3v) is 1.67. The molecule has 0 N–H and O–H groups in total. The SMILES string of the molecule is COC(=O)Oc1cc(F)c(C(F)(F)F)c(F)c1. The van der Waals surface area contributed by atoms with Gasteiger partial charge in [-0.1, -0.05) is 0 Å². The Morgan fingerprint density at radius 1 is 1.18 bits per heavy atom. The molecule has 0 bridgehead atoms. The fourth-order valence-corrected chi connectivity index (χ4v) is 1.02. The standard InChI is InChI=1S/C9H5F5O3/c1-16-8(15)17-4-2-5(10)7(6(11)3-4)9(12,13)14/h2-3H,1H3. The largest absolute Gasteiger partial charge is 0.513 e. The molecule has 0 aliphatic carbocycles. The fraction of sp³-hybridized carbons (Fsp3) is 0.222. The number of alkyl halides is 3. The highest BCUT2D eigenvalue weighted by Crippen LogP contribution is 2.35. The second kappa shape index (κ2) is 4.56. The van der Waals surface area contributed by atoms with Crippen LogP contribution in [0.1, 0.15) is 5.56 Å². The molecule has 3 nitrogen and oxygen atoms in total. The van der Waals surface area contributed by atoms with E-state index in [-0.39, 0.29) is 12.1 Å². The van der Waals surface area contributed by atoms with Gasteiger partial charge in [-0.25, -0.2) is 13.6 Å².